The number of amides is 1. The van der Waals surface area contributed by atoms with Crippen molar-refractivity contribution in [2.24, 2.45) is 7.05 Å². The maximum atomic E-state index is 13.1. The van der Waals surface area contributed by atoms with Crippen molar-refractivity contribution in [3.8, 4) is 0 Å². The minimum absolute atomic E-state index is 0.00338. The highest BCUT2D eigenvalue weighted by Crippen LogP contribution is 2.25. The molecule has 1 saturated heterocycles. The summed E-state index contributed by atoms with van der Waals surface area (Å²) in [5.74, 6) is 0.555. The standard InChI is InChI=1S/C16H19N7O/c1-21-7-8-23(14(10-21)15-17-19-20-18-15)16(24)12-3-4-13-11(9-12)5-6-22(13)2/h3-6,9,14H,7-8,10H2,1-2H3,(H,17,18,19,20). The van der Waals surface area contributed by atoms with Crippen LogP contribution in [-0.2, 0) is 7.05 Å². The summed E-state index contributed by atoms with van der Waals surface area (Å²) in [4.78, 5) is 17.1. The van der Waals surface area contributed by atoms with Crippen LogP contribution in [0.2, 0.25) is 0 Å². The molecule has 3 heterocycles. The molecule has 1 fully saturated rings. The Morgan fingerprint density at radius 2 is 2.12 bits per heavy atom. The molecule has 1 N–H and O–H groups in total. The molecule has 8 nitrogen and oxygen atoms in total. The fourth-order valence-corrected chi connectivity index (χ4v) is 3.27. The number of hydrogen-bond acceptors (Lipinski definition) is 5. The van der Waals surface area contributed by atoms with Gasteiger partial charge in [-0.1, -0.05) is 5.21 Å². The van der Waals surface area contributed by atoms with Gasteiger partial charge in [0, 0.05) is 49.3 Å². The van der Waals surface area contributed by atoms with E-state index in [2.05, 4.69) is 25.5 Å². The zero-order valence-electron chi connectivity index (χ0n) is 13.7. The topological polar surface area (TPSA) is 82.9 Å². The predicted molar refractivity (Wildman–Crippen MR) is 88.4 cm³/mol. The lowest BCUT2D eigenvalue weighted by Gasteiger charge is -2.38. The lowest BCUT2D eigenvalue weighted by Crippen LogP contribution is -2.49. The second kappa shape index (κ2) is 5.72. The van der Waals surface area contributed by atoms with Crippen LogP contribution in [0.4, 0.5) is 0 Å². The molecular formula is C16H19N7O. The van der Waals surface area contributed by atoms with E-state index >= 15 is 0 Å². The first kappa shape index (κ1) is 14.8. The lowest BCUT2D eigenvalue weighted by atomic mass is 10.1. The summed E-state index contributed by atoms with van der Waals surface area (Å²) in [5.41, 5.74) is 1.80. The maximum Gasteiger partial charge on any atom is 0.254 e. The molecule has 0 spiro atoms. The Labute approximate surface area is 139 Å². The van der Waals surface area contributed by atoms with E-state index in [0.29, 0.717) is 24.5 Å². The molecule has 0 saturated carbocycles. The fourth-order valence-electron chi connectivity index (χ4n) is 3.27. The van der Waals surface area contributed by atoms with Gasteiger partial charge in [-0.2, -0.15) is 5.21 Å². The highest BCUT2D eigenvalue weighted by molar-refractivity contribution is 5.98. The minimum Gasteiger partial charge on any atom is -0.351 e. The number of benzene rings is 1. The Hall–Kier alpha value is -2.74. The van der Waals surface area contributed by atoms with E-state index in [9.17, 15) is 4.79 Å². The van der Waals surface area contributed by atoms with E-state index in [1.807, 2.05) is 54.0 Å². The summed E-state index contributed by atoms with van der Waals surface area (Å²) < 4.78 is 2.04. The number of tetrazole rings is 1. The molecule has 1 aliphatic heterocycles. The molecule has 0 aliphatic carbocycles. The van der Waals surface area contributed by atoms with Crippen LogP contribution in [0.1, 0.15) is 22.2 Å². The Kier molecular flexibility index (Phi) is 3.53. The summed E-state index contributed by atoms with van der Waals surface area (Å²) >= 11 is 0. The molecule has 0 bridgehead atoms. The van der Waals surface area contributed by atoms with E-state index in [4.69, 9.17) is 0 Å². The Morgan fingerprint density at radius 1 is 1.25 bits per heavy atom. The second-order valence-electron chi connectivity index (χ2n) is 6.25. The van der Waals surface area contributed by atoms with Crippen LogP contribution >= 0.6 is 0 Å². The number of hydrogen-bond donors (Lipinski definition) is 1. The number of H-pyrrole nitrogens is 1. The van der Waals surface area contributed by atoms with E-state index < -0.39 is 0 Å². The molecule has 1 atom stereocenters. The maximum absolute atomic E-state index is 13.1. The van der Waals surface area contributed by atoms with Gasteiger partial charge in [-0.25, -0.2) is 0 Å². The van der Waals surface area contributed by atoms with Crippen LogP contribution in [0.15, 0.2) is 30.5 Å². The molecule has 4 rings (SSSR count). The minimum atomic E-state index is -0.193. The highest BCUT2D eigenvalue weighted by atomic mass is 16.2. The van der Waals surface area contributed by atoms with Crippen molar-refractivity contribution in [3.63, 3.8) is 0 Å². The number of rotatable bonds is 2. The average Bonchev–Trinajstić information content (AvgIpc) is 3.24. The highest BCUT2D eigenvalue weighted by Gasteiger charge is 2.33. The quantitative estimate of drug-likeness (QED) is 0.754. The van der Waals surface area contributed by atoms with Crippen LogP contribution in [-0.4, -0.2) is 67.6 Å². The monoisotopic (exact) mass is 325 g/mol. The van der Waals surface area contributed by atoms with Crippen LogP contribution in [0.25, 0.3) is 10.9 Å². The summed E-state index contributed by atoms with van der Waals surface area (Å²) in [7, 11) is 4.03. The van der Waals surface area contributed by atoms with Gasteiger partial charge >= 0.3 is 0 Å². The van der Waals surface area contributed by atoms with E-state index in [1.165, 1.54) is 0 Å². The molecular weight excluding hydrogens is 306 g/mol. The number of fused-ring (bicyclic) bond motifs is 1. The Balaban J connectivity index is 1.67. The fraction of sp³-hybridized carbons (Fsp3) is 0.375. The van der Waals surface area contributed by atoms with Crippen LogP contribution in [0.3, 0.4) is 0 Å². The number of aryl methyl sites for hydroxylation is 1. The van der Waals surface area contributed by atoms with Gasteiger partial charge in [-0.05, 0) is 31.3 Å². The molecule has 1 amide bonds. The van der Waals surface area contributed by atoms with Crippen LogP contribution in [0.5, 0.6) is 0 Å². The first-order chi connectivity index (χ1) is 11.6. The SMILES string of the molecule is CN1CCN(C(=O)c2ccc3c(ccn3C)c2)C(c2nn[nH]n2)C1. The smallest absolute Gasteiger partial charge is 0.254 e. The lowest BCUT2D eigenvalue weighted by molar-refractivity contribution is 0.0481. The summed E-state index contributed by atoms with van der Waals surface area (Å²) in [6, 6.07) is 7.65. The summed E-state index contributed by atoms with van der Waals surface area (Å²) in [6.07, 6.45) is 2.00. The Bertz CT molecular complexity index is 870. The zero-order valence-corrected chi connectivity index (χ0v) is 13.7. The first-order valence-electron chi connectivity index (χ1n) is 7.91. The average molecular weight is 325 g/mol. The van der Waals surface area contributed by atoms with Gasteiger partial charge in [0.15, 0.2) is 5.82 Å². The van der Waals surface area contributed by atoms with E-state index in [1.54, 1.807) is 0 Å². The van der Waals surface area contributed by atoms with E-state index in [-0.39, 0.29) is 11.9 Å². The van der Waals surface area contributed by atoms with Gasteiger partial charge in [0.05, 0.1) is 0 Å². The molecule has 2 aromatic heterocycles. The number of piperazine rings is 1. The summed E-state index contributed by atoms with van der Waals surface area (Å²) in [5, 5.41) is 15.3. The van der Waals surface area contributed by atoms with Crippen LogP contribution in [0, 0.1) is 0 Å². The van der Waals surface area contributed by atoms with Crippen molar-refractivity contribution < 1.29 is 4.79 Å². The van der Waals surface area contributed by atoms with Crippen molar-refractivity contribution in [1.82, 2.24) is 35.0 Å². The normalized spacial score (nSPS) is 19.1. The van der Waals surface area contributed by atoms with Crippen molar-refractivity contribution in [3.05, 3.63) is 41.9 Å². The molecule has 1 aliphatic rings. The van der Waals surface area contributed by atoms with Crippen molar-refractivity contribution in [2.45, 2.75) is 6.04 Å². The van der Waals surface area contributed by atoms with Crippen molar-refractivity contribution in [2.75, 3.05) is 26.7 Å². The van der Waals surface area contributed by atoms with Crippen molar-refractivity contribution in [1.29, 1.82) is 0 Å². The number of nitrogens with zero attached hydrogens (tertiary/aromatic N) is 6. The van der Waals surface area contributed by atoms with Gasteiger partial charge < -0.3 is 14.4 Å². The summed E-state index contributed by atoms with van der Waals surface area (Å²) in [6.45, 7) is 2.16. The molecule has 1 unspecified atom stereocenters. The molecule has 124 valence electrons. The Morgan fingerprint density at radius 3 is 2.92 bits per heavy atom. The molecule has 1 aromatic carbocycles. The van der Waals surface area contributed by atoms with Crippen molar-refractivity contribution >= 4 is 16.8 Å². The molecule has 0 radical (unpaired) electrons. The second-order valence-corrected chi connectivity index (χ2v) is 6.25. The third-order valence-corrected chi connectivity index (χ3v) is 4.64. The van der Waals surface area contributed by atoms with E-state index in [0.717, 1.165) is 17.4 Å². The number of aromatic nitrogens is 5. The molecule has 3 aromatic rings. The number of nitrogens with one attached hydrogen (secondary N) is 1. The largest absolute Gasteiger partial charge is 0.351 e. The van der Waals surface area contributed by atoms with Gasteiger partial charge in [0.25, 0.3) is 5.91 Å². The van der Waals surface area contributed by atoms with Gasteiger partial charge in [0.2, 0.25) is 0 Å². The molecule has 24 heavy (non-hydrogen) atoms. The van der Waals surface area contributed by atoms with Gasteiger partial charge in [-0.15, -0.1) is 10.2 Å². The predicted octanol–water partition coefficient (Wildman–Crippen LogP) is 0.820. The number of aromatic amines is 1. The number of carbonyl (C=O) groups excluding carboxylic acids is 1. The third-order valence-electron chi connectivity index (χ3n) is 4.64. The zero-order chi connectivity index (χ0) is 16.7. The third kappa shape index (κ3) is 2.44. The van der Waals surface area contributed by atoms with Crippen LogP contribution < -0.4 is 0 Å². The number of carbonyl (C=O) groups is 1. The first-order valence-corrected chi connectivity index (χ1v) is 7.91. The number of likely N-dealkylation sites (N-methyl/N-ethyl adjacent to an activating group) is 1. The molecule has 8 heteroatoms. The van der Waals surface area contributed by atoms with Gasteiger partial charge in [0.1, 0.15) is 6.04 Å². The van der Waals surface area contributed by atoms with Gasteiger partial charge in [-0.3, -0.25) is 4.79 Å².